The molecule has 3 aromatic carbocycles. The van der Waals surface area contributed by atoms with E-state index in [0.29, 0.717) is 21.8 Å². The Bertz CT molecular complexity index is 1050. The summed E-state index contributed by atoms with van der Waals surface area (Å²) in [5.74, 6) is -1.36. The number of anilines is 1. The minimum Gasteiger partial charge on any atom is -0.324 e. The Hall–Kier alpha value is -3.44. The van der Waals surface area contributed by atoms with E-state index >= 15 is 0 Å². The van der Waals surface area contributed by atoms with Gasteiger partial charge in [-0.2, -0.15) is 0 Å². The predicted octanol–water partition coefficient (Wildman–Crippen LogP) is 4.19. The zero-order valence-corrected chi connectivity index (χ0v) is 16.1. The smallest absolute Gasteiger partial charge is 0.262 e. The van der Waals surface area contributed by atoms with Gasteiger partial charge in [0.15, 0.2) is 0 Å². The highest BCUT2D eigenvalue weighted by atomic mass is 35.5. The van der Waals surface area contributed by atoms with Gasteiger partial charge in [-0.3, -0.25) is 19.3 Å². The van der Waals surface area contributed by atoms with Crippen molar-refractivity contribution in [1.82, 2.24) is 4.90 Å². The number of carbonyl (C=O) groups is 3. The van der Waals surface area contributed by atoms with E-state index < -0.39 is 23.8 Å². The van der Waals surface area contributed by atoms with Gasteiger partial charge in [-0.05, 0) is 42.0 Å². The number of fused-ring (bicyclic) bond motifs is 1. The lowest BCUT2D eigenvalue weighted by Gasteiger charge is -2.25. The summed E-state index contributed by atoms with van der Waals surface area (Å²) in [4.78, 5) is 40.1. The summed E-state index contributed by atoms with van der Waals surface area (Å²) in [5, 5.41) is 3.34. The van der Waals surface area contributed by atoms with Crippen LogP contribution in [0.4, 0.5) is 5.69 Å². The van der Waals surface area contributed by atoms with Crippen molar-refractivity contribution in [3.05, 3.63) is 101 Å². The van der Waals surface area contributed by atoms with Gasteiger partial charge < -0.3 is 5.32 Å². The molecule has 3 amide bonds. The Balaban J connectivity index is 1.67. The molecule has 0 unspecified atom stereocenters. The Morgan fingerprint density at radius 2 is 1.38 bits per heavy atom. The number of nitrogens with one attached hydrogen (secondary N) is 1. The van der Waals surface area contributed by atoms with Crippen LogP contribution in [0.2, 0.25) is 5.02 Å². The molecule has 29 heavy (non-hydrogen) atoms. The number of hydrogen-bond acceptors (Lipinski definition) is 3. The fraction of sp³-hybridized carbons (Fsp3) is 0.0870. The maximum Gasteiger partial charge on any atom is 0.262 e. The minimum absolute atomic E-state index is 0.214. The molecule has 3 aromatic rings. The Labute approximate surface area is 172 Å². The first-order valence-corrected chi connectivity index (χ1v) is 9.49. The highest BCUT2D eigenvalue weighted by molar-refractivity contribution is 6.30. The molecule has 0 fully saturated rings. The molecule has 4 rings (SSSR count). The van der Waals surface area contributed by atoms with E-state index in [-0.39, 0.29) is 6.42 Å². The number of amides is 3. The molecule has 1 aliphatic heterocycles. The van der Waals surface area contributed by atoms with E-state index in [0.717, 1.165) is 10.5 Å². The lowest BCUT2D eigenvalue weighted by atomic mass is 10.0. The Morgan fingerprint density at radius 1 is 0.828 bits per heavy atom. The van der Waals surface area contributed by atoms with Crippen molar-refractivity contribution in [3.63, 3.8) is 0 Å². The van der Waals surface area contributed by atoms with Gasteiger partial charge >= 0.3 is 0 Å². The standard InChI is InChI=1S/C23H17ClN2O3/c24-16-10-12-17(13-11-16)25-21(27)20(14-15-6-2-1-3-7-15)26-22(28)18-8-4-5-9-19(18)23(26)29/h1-13,20H,14H2,(H,25,27)/t20-/m0/s1. The largest absolute Gasteiger partial charge is 0.324 e. The number of carbonyl (C=O) groups excluding carboxylic acids is 3. The number of benzene rings is 3. The molecule has 0 saturated heterocycles. The molecule has 0 bridgehead atoms. The van der Waals surface area contributed by atoms with Gasteiger partial charge in [0.05, 0.1) is 11.1 Å². The van der Waals surface area contributed by atoms with Crippen LogP contribution in [0.1, 0.15) is 26.3 Å². The van der Waals surface area contributed by atoms with E-state index in [9.17, 15) is 14.4 Å². The highest BCUT2D eigenvalue weighted by Gasteiger charge is 2.42. The topological polar surface area (TPSA) is 66.5 Å². The van der Waals surface area contributed by atoms with Crippen molar-refractivity contribution >= 4 is 35.0 Å². The van der Waals surface area contributed by atoms with E-state index in [1.165, 1.54) is 0 Å². The molecule has 0 spiro atoms. The third kappa shape index (κ3) is 3.77. The van der Waals surface area contributed by atoms with E-state index in [1.54, 1.807) is 48.5 Å². The first-order valence-electron chi connectivity index (χ1n) is 9.12. The van der Waals surface area contributed by atoms with Crippen LogP contribution in [0.3, 0.4) is 0 Å². The van der Waals surface area contributed by atoms with Gasteiger partial charge in [0.1, 0.15) is 6.04 Å². The fourth-order valence-corrected chi connectivity index (χ4v) is 3.51. The van der Waals surface area contributed by atoms with Crippen molar-refractivity contribution in [2.24, 2.45) is 0 Å². The number of imide groups is 1. The van der Waals surface area contributed by atoms with Crippen LogP contribution < -0.4 is 5.32 Å². The molecule has 5 nitrogen and oxygen atoms in total. The predicted molar refractivity (Wildman–Crippen MR) is 111 cm³/mol. The molecule has 0 radical (unpaired) electrons. The normalized spacial score (nSPS) is 13.9. The van der Waals surface area contributed by atoms with E-state index in [4.69, 9.17) is 11.6 Å². The molecule has 0 aromatic heterocycles. The number of halogens is 1. The second-order valence-corrected chi connectivity index (χ2v) is 7.16. The maximum absolute atomic E-state index is 13.1. The average Bonchev–Trinajstić information content (AvgIpc) is 2.99. The third-order valence-corrected chi connectivity index (χ3v) is 5.08. The van der Waals surface area contributed by atoms with Gasteiger partial charge in [-0.1, -0.05) is 54.1 Å². The van der Waals surface area contributed by atoms with Gasteiger partial charge in [-0.25, -0.2) is 0 Å². The molecular weight excluding hydrogens is 388 g/mol. The second kappa shape index (κ2) is 7.89. The zero-order chi connectivity index (χ0) is 20.4. The summed E-state index contributed by atoms with van der Waals surface area (Å²) in [5.41, 5.74) is 2.01. The molecule has 6 heteroatoms. The first kappa shape index (κ1) is 18.9. The summed E-state index contributed by atoms with van der Waals surface area (Å²) in [6, 6.07) is 21.6. The molecule has 144 valence electrons. The number of hydrogen-bond donors (Lipinski definition) is 1. The third-order valence-electron chi connectivity index (χ3n) is 4.82. The van der Waals surface area contributed by atoms with Gasteiger partial charge in [0, 0.05) is 17.1 Å². The average molecular weight is 405 g/mol. The van der Waals surface area contributed by atoms with Crippen molar-refractivity contribution in [2.45, 2.75) is 12.5 Å². The van der Waals surface area contributed by atoms with Crippen molar-refractivity contribution < 1.29 is 14.4 Å². The lowest BCUT2D eigenvalue weighted by molar-refractivity contribution is -0.119. The highest BCUT2D eigenvalue weighted by Crippen LogP contribution is 2.26. The summed E-state index contributed by atoms with van der Waals surface area (Å²) < 4.78 is 0. The summed E-state index contributed by atoms with van der Waals surface area (Å²) in [6.45, 7) is 0. The van der Waals surface area contributed by atoms with Crippen LogP contribution in [0, 0.1) is 0 Å². The van der Waals surface area contributed by atoms with E-state index in [2.05, 4.69) is 5.32 Å². The molecule has 1 heterocycles. The van der Waals surface area contributed by atoms with Crippen LogP contribution in [-0.4, -0.2) is 28.7 Å². The second-order valence-electron chi connectivity index (χ2n) is 6.73. The number of rotatable bonds is 5. The summed E-state index contributed by atoms with van der Waals surface area (Å²) in [7, 11) is 0. The van der Waals surface area contributed by atoms with Gasteiger partial charge in [-0.15, -0.1) is 0 Å². The maximum atomic E-state index is 13.1. The zero-order valence-electron chi connectivity index (χ0n) is 15.3. The fourth-order valence-electron chi connectivity index (χ4n) is 3.39. The van der Waals surface area contributed by atoms with E-state index in [1.807, 2.05) is 30.3 Å². The molecule has 1 aliphatic rings. The molecule has 0 aliphatic carbocycles. The molecular formula is C23H17ClN2O3. The SMILES string of the molecule is O=C(Nc1ccc(Cl)cc1)[C@H](Cc1ccccc1)N1C(=O)c2ccccc2C1=O. The van der Waals surface area contributed by atoms with Crippen LogP contribution in [-0.2, 0) is 11.2 Å². The van der Waals surface area contributed by atoms with Crippen LogP contribution in [0.25, 0.3) is 0 Å². The van der Waals surface area contributed by atoms with Crippen LogP contribution in [0.5, 0.6) is 0 Å². The van der Waals surface area contributed by atoms with Gasteiger partial charge in [0.2, 0.25) is 5.91 Å². The minimum atomic E-state index is -0.986. The quantitative estimate of drug-likeness (QED) is 0.648. The monoisotopic (exact) mass is 404 g/mol. The summed E-state index contributed by atoms with van der Waals surface area (Å²) >= 11 is 5.90. The van der Waals surface area contributed by atoms with Crippen molar-refractivity contribution in [1.29, 1.82) is 0 Å². The lowest BCUT2D eigenvalue weighted by Crippen LogP contribution is -2.48. The summed E-state index contributed by atoms with van der Waals surface area (Å²) in [6.07, 6.45) is 0.214. The number of nitrogens with zero attached hydrogens (tertiary/aromatic N) is 1. The van der Waals surface area contributed by atoms with Crippen molar-refractivity contribution in [2.75, 3.05) is 5.32 Å². The molecule has 1 N–H and O–H groups in total. The van der Waals surface area contributed by atoms with Crippen LogP contribution >= 0.6 is 11.6 Å². The Kier molecular flexibility index (Phi) is 5.14. The molecule has 0 saturated carbocycles. The van der Waals surface area contributed by atoms with Gasteiger partial charge in [0.25, 0.3) is 11.8 Å². The Morgan fingerprint density at radius 3 is 1.97 bits per heavy atom. The first-order chi connectivity index (χ1) is 14.0. The molecule has 1 atom stereocenters. The van der Waals surface area contributed by atoms with Crippen molar-refractivity contribution in [3.8, 4) is 0 Å². The van der Waals surface area contributed by atoms with Crippen LogP contribution in [0.15, 0.2) is 78.9 Å².